The average Bonchev–Trinajstić information content (AvgIpc) is 2.72. The van der Waals surface area contributed by atoms with Crippen LogP contribution in [0.15, 0.2) is 41.8 Å². The van der Waals surface area contributed by atoms with Crippen LogP contribution in [0.3, 0.4) is 0 Å². The molecule has 9 heteroatoms. The quantitative estimate of drug-likeness (QED) is 0.243. The highest BCUT2D eigenvalue weighted by Crippen LogP contribution is 2.31. The van der Waals surface area contributed by atoms with Crippen LogP contribution in [0.4, 0.5) is 0 Å². The normalized spacial score (nSPS) is 19.1. The number of likely N-dealkylation sites (tertiary alicyclic amines) is 1. The van der Waals surface area contributed by atoms with Crippen LogP contribution in [0.5, 0.6) is 5.75 Å². The van der Waals surface area contributed by atoms with Gasteiger partial charge in [-0.15, -0.1) is 0 Å². The zero-order valence-electron chi connectivity index (χ0n) is 16.7. The Kier molecular flexibility index (Phi) is 8.38. The lowest BCUT2D eigenvalue weighted by atomic mass is 9.91. The van der Waals surface area contributed by atoms with E-state index >= 15 is 0 Å². The molecule has 2 N–H and O–H groups in total. The summed E-state index contributed by atoms with van der Waals surface area (Å²) in [6.07, 6.45) is 0.544. The Hall–Kier alpha value is -2.68. The molecule has 1 heterocycles. The van der Waals surface area contributed by atoms with Gasteiger partial charge in [-0.2, -0.15) is 11.8 Å². The summed E-state index contributed by atoms with van der Waals surface area (Å²) in [5.41, 5.74) is -0.199. The van der Waals surface area contributed by atoms with Gasteiger partial charge in [0.15, 0.2) is 12.3 Å². The van der Waals surface area contributed by atoms with E-state index in [0.29, 0.717) is 12.2 Å². The van der Waals surface area contributed by atoms with Crippen molar-refractivity contribution in [1.29, 1.82) is 0 Å². The van der Waals surface area contributed by atoms with Crippen LogP contribution < -0.4 is 10.1 Å². The van der Waals surface area contributed by atoms with Crippen LogP contribution in [-0.4, -0.2) is 65.1 Å². The van der Waals surface area contributed by atoms with E-state index in [1.54, 1.807) is 36.0 Å². The number of rotatable bonds is 11. The van der Waals surface area contributed by atoms with Crippen molar-refractivity contribution in [2.45, 2.75) is 32.4 Å². The van der Waals surface area contributed by atoms with Crippen molar-refractivity contribution in [3.63, 3.8) is 0 Å². The van der Waals surface area contributed by atoms with Gasteiger partial charge in [0.1, 0.15) is 17.6 Å². The molecule has 2 rings (SSSR count). The molecule has 0 aliphatic carbocycles. The number of hydrogen-bond donors (Lipinski definition) is 2. The van der Waals surface area contributed by atoms with Crippen LogP contribution in [0.1, 0.15) is 20.3 Å². The minimum absolute atomic E-state index is 0.135. The Morgan fingerprint density at radius 1 is 1.28 bits per heavy atom. The van der Waals surface area contributed by atoms with Crippen molar-refractivity contribution < 1.29 is 29.0 Å². The van der Waals surface area contributed by atoms with Crippen molar-refractivity contribution in [3.05, 3.63) is 41.8 Å². The number of amides is 2. The van der Waals surface area contributed by atoms with Crippen molar-refractivity contribution in [2.24, 2.45) is 0 Å². The van der Waals surface area contributed by atoms with Crippen LogP contribution >= 0.6 is 11.8 Å². The van der Waals surface area contributed by atoms with Gasteiger partial charge in [-0.3, -0.25) is 14.5 Å². The summed E-state index contributed by atoms with van der Waals surface area (Å²) in [4.78, 5) is 37.9. The molecule has 0 aromatic heterocycles. The number of carboxylic acids is 1. The van der Waals surface area contributed by atoms with Gasteiger partial charge >= 0.3 is 5.97 Å². The number of carboxylic acid groups (broad SMARTS) is 1. The van der Waals surface area contributed by atoms with Crippen molar-refractivity contribution in [2.75, 3.05) is 25.2 Å². The minimum Gasteiger partial charge on any atom is -0.499 e. The molecule has 1 fully saturated rings. The van der Waals surface area contributed by atoms with E-state index in [9.17, 15) is 19.5 Å². The number of nitrogens with one attached hydrogen (secondary N) is 1. The van der Waals surface area contributed by atoms with Gasteiger partial charge in [-0.1, -0.05) is 25.1 Å². The van der Waals surface area contributed by atoms with Gasteiger partial charge in [-0.05, 0) is 37.0 Å². The fraction of sp³-hybridized carbons (Fsp3) is 0.450. The maximum atomic E-state index is 12.7. The van der Waals surface area contributed by atoms with E-state index in [1.165, 1.54) is 18.9 Å². The molecule has 158 valence electrons. The second-order valence-corrected chi connectivity index (χ2v) is 7.72. The fourth-order valence-electron chi connectivity index (χ4n) is 3.02. The van der Waals surface area contributed by atoms with Crippen LogP contribution in [-0.2, 0) is 19.1 Å². The van der Waals surface area contributed by atoms with Crippen molar-refractivity contribution in [3.8, 4) is 5.75 Å². The Morgan fingerprint density at radius 3 is 2.55 bits per heavy atom. The number of benzene rings is 1. The first kappa shape index (κ1) is 22.6. The van der Waals surface area contributed by atoms with Gasteiger partial charge in [0, 0.05) is 0 Å². The Bertz CT molecular complexity index is 767. The van der Waals surface area contributed by atoms with E-state index in [1.807, 2.05) is 13.0 Å². The molecule has 0 spiro atoms. The number of hydrogen-bond acceptors (Lipinski definition) is 6. The highest BCUT2D eigenvalue weighted by molar-refractivity contribution is 7.99. The molecule has 8 nitrogen and oxygen atoms in total. The molecule has 2 amide bonds. The van der Waals surface area contributed by atoms with Gasteiger partial charge in [0.2, 0.25) is 0 Å². The third-order valence-electron chi connectivity index (χ3n) is 4.49. The summed E-state index contributed by atoms with van der Waals surface area (Å²) in [6, 6.07) is 7.62. The van der Waals surface area contributed by atoms with Crippen molar-refractivity contribution in [1.82, 2.24) is 10.2 Å². The number of carbonyl (C=O) groups is 3. The first-order valence-corrected chi connectivity index (χ1v) is 10.4. The molecule has 1 aromatic carbocycles. The number of β-lactam (4-membered cyclic amide) rings is 1. The molecular formula is C20H26N2O6S. The van der Waals surface area contributed by atoms with E-state index in [2.05, 4.69) is 5.32 Å². The number of allylic oxidation sites excluding steroid dienone is 1. The third kappa shape index (κ3) is 5.66. The van der Waals surface area contributed by atoms with Crippen molar-refractivity contribution >= 4 is 29.5 Å². The van der Waals surface area contributed by atoms with Crippen LogP contribution in [0, 0.1) is 0 Å². The Labute approximate surface area is 174 Å². The molecule has 1 aliphatic heterocycles. The fourth-order valence-corrected chi connectivity index (χ4v) is 3.72. The second kappa shape index (κ2) is 10.8. The predicted molar refractivity (Wildman–Crippen MR) is 109 cm³/mol. The smallest absolute Gasteiger partial charge is 0.356 e. The monoisotopic (exact) mass is 422 g/mol. The van der Waals surface area contributed by atoms with E-state index in [-0.39, 0.29) is 18.1 Å². The standard InChI is InChI=1S/C20H26N2O6S/c1-4-29-11-10-15-17(19(24)22(15)18(20(25)26)13(2)27-3)21-16(23)12-28-14-8-6-5-7-9-14/h5-9,15,17H,4,10-12H2,1-3H3,(H,21,23)(H,25,26)/t15-,17+/m1/s1. The number of ether oxygens (including phenoxy) is 2. The number of methoxy groups -OCH3 is 1. The molecule has 0 saturated carbocycles. The number of thioether (sulfide) groups is 1. The van der Waals surface area contributed by atoms with Gasteiger partial charge in [0.05, 0.1) is 13.2 Å². The zero-order chi connectivity index (χ0) is 21.4. The molecule has 29 heavy (non-hydrogen) atoms. The van der Waals surface area contributed by atoms with Gasteiger partial charge < -0.3 is 19.9 Å². The predicted octanol–water partition coefficient (Wildman–Crippen LogP) is 1.87. The molecule has 2 atom stereocenters. The lowest BCUT2D eigenvalue weighted by Crippen LogP contribution is -2.71. The molecule has 1 saturated heterocycles. The molecular weight excluding hydrogens is 396 g/mol. The number of aliphatic carboxylic acids is 1. The topological polar surface area (TPSA) is 105 Å². The Morgan fingerprint density at radius 2 is 1.97 bits per heavy atom. The van der Waals surface area contributed by atoms with Gasteiger partial charge in [-0.25, -0.2) is 4.79 Å². The molecule has 1 aromatic rings. The number of para-hydroxylation sites is 1. The molecule has 0 unspecified atom stereocenters. The average molecular weight is 423 g/mol. The summed E-state index contributed by atoms with van der Waals surface area (Å²) in [5, 5.41) is 12.2. The first-order chi connectivity index (χ1) is 13.9. The summed E-state index contributed by atoms with van der Waals surface area (Å²) < 4.78 is 10.5. The SMILES string of the molecule is CCSCC[C@@H]1[C@H](NC(=O)COc2ccccc2)C(=O)N1C(C(=O)O)=C(C)OC. The summed E-state index contributed by atoms with van der Waals surface area (Å²) in [5.74, 6) is 0.159. The lowest BCUT2D eigenvalue weighted by molar-refractivity contribution is -0.155. The first-order valence-electron chi connectivity index (χ1n) is 9.26. The minimum atomic E-state index is -1.25. The Balaban J connectivity index is 2.08. The largest absolute Gasteiger partial charge is 0.499 e. The van der Waals surface area contributed by atoms with Crippen LogP contribution in [0.25, 0.3) is 0 Å². The second-order valence-electron chi connectivity index (χ2n) is 6.32. The number of nitrogens with zero attached hydrogens (tertiary/aromatic N) is 1. The molecule has 0 radical (unpaired) electrons. The lowest BCUT2D eigenvalue weighted by Gasteiger charge is -2.47. The van der Waals surface area contributed by atoms with E-state index in [0.717, 1.165) is 11.5 Å². The summed E-state index contributed by atoms with van der Waals surface area (Å²) in [6.45, 7) is 3.28. The van der Waals surface area contributed by atoms with E-state index < -0.39 is 29.9 Å². The third-order valence-corrected chi connectivity index (χ3v) is 5.43. The maximum Gasteiger partial charge on any atom is 0.356 e. The number of carbonyl (C=O) groups excluding carboxylic acids is 2. The highest BCUT2D eigenvalue weighted by atomic mass is 32.2. The molecule has 0 bridgehead atoms. The summed E-state index contributed by atoms with van der Waals surface area (Å²) >= 11 is 1.68. The van der Waals surface area contributed by atoms with Gasteiger partial charge in [0.25, 0.3) is 11.8 Å². The molecule has 1 aliphatic rings. The zero-order valence-corrected chi connectivity index (χ0v) is 17.5. The highest BCUT2D eigenvalue weighted by Gasteiger charge is 2.51. The van der Waals surface area contributed by atoms with Crippen LogP contribution in [0.2, 0.25) is 0 Å². The maximum absolute atomic E-state index is 12.7. The summed E-state index contributed by atoms with van der Waals surface area (Å²) in [7, 11) is 1.35. The van der Waals surface area contributed by atoms with E-state index in [4.69, 9.17) is 9.47 Å².